The molecule has 0 aliphatic carbocycles. The zero-order valence-electron chi connectivity index (χ0n) is 18.0. The number of benzene rings is 2. The first-order valence-corrected chi connectivity index (χ1v) is 11.3. The highest BCUT2D eigenvalue weighted by Gasteiger charge is 2.32. The summed E-state index contributed by atoms with van der Waals surface area (Å²) in [6.45, 7) is 1.92. The molecule has 1 aliphatic rings. The van der Waals surface area contributed by atoms with Gasteiger partial charge in [-0.15, -0.1) is 0 Å². The van der Waals surface area contributed by atoms with E-state index < -0.39 is 32.6 Å². The van der Waals surface area contributed by atoms with E-state index in [1.54, 1.807) is 25.1 Å². The molecule has 1 heterocycles. The Bertz CT molecular complexity index is 1090. The summed E-state index contributed by atoms with van der Waals surface area (Å²) in [6, 6.07) is 6.76. The van der Waals surface area contributed by atoms with E-state index in [0.717, 1.165) is 22.0 Å². The SMILES string of the molecule is COc1ccc(OC)c(C(C)NC(=O)N2CCN(S(=O)(=O)c3cc(F)ccc3F)CC2)c1. The minimum atomic E-state index is -4.22. The monoisotopic (exact) mass is 469 g/mol. The summed E-state index contributed by atoms with van der Waals surface area (Å²) in [5.41, 5.74) is 0.725. The summed E-state index contributed by atoms with van der Waals surface area (Å²) >= 11 is 0. The summed E-state index contributed by atoms with van der Waals surface area (Å²) < 4.78 is 64.5. The van der Waals surface area contributed by atoms with Gasteiger partial charge in [-0.05, 0) is 43.3 Å². The number of amides is 2. The van der Waals surface area contributed by atoms with Gasteiger partial charge < -0.3 is 19.7 Å². The molecule has 1 saturated heterocycles. The normalized spacial score (nSPS) is 15.8. The number of nitrogens with one attached hydrogen (secondary N) is 1. The Kier molecular flexibility index (Phi) is 7.19. The zero-order chi connectivity index (χ0) is 23.5. The second-order valence-electron chi connectivity index (χ2n) is 7.24. The van der Waals surface area contributed by atoms with Crippen molar-refractivity contribution in [2.45, 2.75) is 17.9 Å². The average molecular weight is 470 g/mol. The first-order valence-electron chi connectivity index (χ1n) is 9.90. The van der Waals surface area contributed by atoms with Crippen LogP contribution in [0.25, 0.3) is 0 Å². The molecule has 2 aromatic carbocycles. The second-order valence-corrected chi connectivity index (χ2v) is 9.15. The number of carbonyl (C=O) groups excluding carboxylic acids is 1. The van der Waals surface area contributed by atoms with E-state index in [9.17, 15) is 22.0 Å². The number of piperazine rings is 1. The summed E-state index contributed by atoms with van der Waals surface area (Å²) in [5, 5.41) is 2.87. The van der Waals surface area contributed by atoms with Gasteiger partial charge in [0.05, 0.1) is 20.3 Å². The maximum absolute atomic E-state index is 14.0. The van der Waals surface area contributed by atoms with Crippen LogP contribution in [0.2, 0.25) is 0 Å². The largest absolute Gasteiger partial charge is 0.497 e. The van der Waals surface area contributed by atoms with Gasteiger partial charge in [0.2, 0.25) is 10.0 Å². The highest BCUT2D eigenvalue weighted by Crippen LogP contribution is 2.29. The fraction of sp³-hybridized carbons (Fsp3) is 0.381. The van der Waals surface area contributed by atoms with Crippen LogP contribution < -0.4 is 14.8 Å². The number of rotatable bonds is 6. The predicted molar refractivity (Wildman–Crippen MR) is 113 cm³/mol. The standard InChI is InChI=1S/C21H25F2N3O5S/c1-14(17-13-16(30-2)5-7-19(17)31-3)24-21(27)25-8-10-26(11-9-25)32(28,29)20-12-15(22)4-6-18(20)23/h4-7,12-14H,8-11H2,1-3H3,(H,24,27). The van der Waals surface area contributed by atoms with E-state index in [0.29, 0.717) is 17.6 Å². The molecule has 0 spiro atoms. The molecular weight excluding hydrogens is 444 g/mol. The second kappa shape index (κ2) is 9.70. The first-order chi connectivity index (χ1) is 15.2. The highest BCUT2D eigenvalue weighted by atomic mass is 32.2. The molecule has 1 N–H and O–H groups in total. The summed E-state index contributed by atoms with van der Waals surface area (Å²) in [5.74, 6) is -0.658. The number of sulfonamides is 1. The number of urea groups is 1. The van der Waals surface area contributed by atoms with E-state index in [1.165, 1.54) is 19.1 Å². The van der Waals surface area contributed by atoms with Crippen molar-refractivity contribution in [3.05, 3.63) is 53.6 Å². The smallest absolute Gasteiger partial charge is 0.317 e. The Morgan fingerprint density at radius 3 is 2.34 bits per heavy atom. The number of hydrogen-bond donors (Lipinski definition) is 1. The number of halogens is 2. The minimum Gasteiger partial charge on any atom is -0.497 e. The fourth-order valence-electron chi connectivity index (χ4n) is 3.48. The van der Waals surface area contributed by atoms with Crippen molar-refractivity contribution in [1.29, 1.82) is 0 Å². The average Bonchev–Trinajstić information content (AvgIpc) is 2.80. The molecule has 1 aliphatic heterocycles. The third-order valence-corrected chi connectivity index (χ3v) is 7.19. The molecule has 2 amide bonds. The molecule has 1 atom stereocenters. The Balaban J connectivity index is 1.65. The van der Waals surface area contributed by atoms with Crippen LogP contribution in [0, 0.1) is 11.6 Å². The molecule has 11 heteroatoms. The van der Waals surface area contributed by atoms with Gasteiger partial charge in [-0.3, -0.25) is 0 Å². The third-order valence-electron chi connectivity index (χ3n) is 5.28. The van der Waals surface area contributed by atoms with E-state index >= 15 is 0 Å². The number of carbonyl (C=O) groups is 1. The molecule has 1 fully saturated rings. The van der Waals surface area contributed by atoms with Crippen LogP contribution in [0.4, 0.5) is 13.6 Å². The van der Waals surface area contributed by atoms with E-state index in [4.69, 9.17) is 9.47 Å². The molecule has 0 bridgehead atoms. The summed E-state index contributed by atoms with van der Waals surface area (Å²) in [4.78, 5) is 13.5. The van der Waals surface area contributed by atoms with Crippen molar-refractivity contribution in [3.8, 4) is 11.5 Å². The van der Waals surface area contributed by atoms with Crippen molar-refractivity contribution < 1.29 is 31.5 Å². The maximum Gasteiger partial charge on any atom is 0.317 e. The Morgan fingerprint density at radius 1 is 1.03 bits per heavy atom. The maximum atomic E-state index is 14.0. The molecule has 32 heavy (non-hydrogen) atoms. The molecule has 0 aromatic heterocycles. The van der Waals surface area contributed by atoms with Crippen molar-refractivity contribution in [2.24, 2.45) is 0 Å². The topological polar surface area (TPSA) is 88.2 Å². The van der Waals surface area contributed by atoms with Crippen LogP contribution in [0.3, 0.4) is 0 Å². The van der Waals surface area contributed by atoms with Gasteiger partial charge in [0.15, 0.2) is 0 Å². The Morgan fingerprint density at radius 2 is 1.72 bits per heavy atom. The fourth-order valence-corrected chi connectivity index (χ4v) is 4.98. The molecule has 0 saturated carbocycles. The lowest BCUT2D eigenvalue weighted by Crippen LogP contribution is -2.53. The van der Waals surface area contributed by atoms with Gasteiger partial charge in [-0.2, -0.15) is 4.31 Å². The third kappa shape index (κ3) is 4.94. The molecule has 3 rings (SSSR count). The van der Waals surface area contributed by atoms with E-state index in [2.05, 4.69) is 5.32 Å². The minimum absolute atomic E-state index is 0.0391. The molecule has 1 unspecified atom stereocenters. The molecular formula is C21H25F2N3O5S. The van der Waals surface area contributed by atoms with Crippen molar-refractivity contribution in [1.82, 2.24) is 14.5 Å². The van der Waals surface area contributed by atoms with Crippen LogP contribution in [0.5, 0.6) is 11.5 Å². The Labute approximate surface area is 185 Å². The first kappa shape index (κ1) is 23.7. The van der Waals surface area contributed by atoms with Gasteiger partial charge in [0.1, 0.15) is 28.0 Å². The number of ether oxygens (including phenoxy) is 2. The Hall–Kier alpha value is -2.92. The van der Waals surface area contributed by atoms with Crippen LogP contribution in [0.1, 0.15) is 18.5 Å². The van der Waals surface area contributed by atoms with Crippen LogP contribution in [0.15, 0.2) is 41.3 Å². The van der Waals surface area contributed by atoms with Crippen LogP contribution >= 0.6 is 0 Å². The molecule has 0 radical (unpaired) electrons. The van der Waals surface area contributed by atoms with Crippen molar-refractivity contribution >= 4 is 16.1 Å². The van der Waals surface area contributed by atoms with Crippen molar-refractivity contribution in [2.75, 3.05) is 40.4 Å². The van der Waals surface area contributed by atoms with Gasteiger partial charge in [0, 0.05) is 31.7 Å². The number of methoxy groups -OCH3 is 2. The lowest BCUT2D eigenvalue weighted by Gasteiger charge is -2.34. The summed E-state index contributed by atoms with van der Waals surface area (Å²) in [6.07, 6.45) is 0. The van der Waals surface area contributed by atoms with Gasteiger partial charge in [0.25, 0.3) is 0 Å². The van der Waals surface area contributed by atoms with E-state index in [-0.39, 0.29) is 32.2 Å². The number of hydrogen-bond acceptors (Lipinski definition) is 5. The van der Waals surface area contributed by atoms with Gasteiger partial charge in [-0.25, -0.2) is 22.0 Å². The van der Waals surface area contributed by atoms with Crippen LogP contribution in [-0.4, -0.2) is 64.1 Å². The zero-order valence-corrected chi connectivity index (χ0v) is 18.8. The van der Waals surface area contributed by atoms with E-state index in [1.807, 2.05) is 0 Å². The lowest BCUT2D eigenvalue weighted by atomic mass is 10.1. The summed E-state index contributed by atoms with van der Waals surface area (Å²) in [7, 11) is -1.15. The predicted octanol–water partition coefficient (Wildman–Crippen LogP) is 2.76. The molecule has 2 aromatic rings. The van der Waals surface area contributed by atoms with Gasteiger partial charge >= 0.3 is 6.03 Å². The van der Waals surface area contributed by atoms with Crippen molar-refractivity contribution in [3.63, 3.8) is 0 Å². The highest BCUT2D eigenvalue weighted by molar-refractivity contribution is 7.89. The quantitative estimate of drug-likeness (QED) is 0.703. The van der Waals surface area contributed by atoms with Gasteiger partial charge in [-0.1, -0.05) is 0 Å². The number of nitrogens with zero attached hydrogens (tertiary/aromatic N) is 2. The molecule has 8 nitrogen and oxygen atoms in total. The molecule has 174 valence electrons. The van der Waals surface area contributed by atoms with Crippen LogP contribution in [-0.2, 0) is 10.0 Å². The lowest BCUT2D eigenvalue weighted by molar-refractivity contribution is 0.169.